The number of hydrogen-bond donors (Lipinski definition) is 0. The van der Waals surface area contributed by atoms with Crippen LogP contribution >= 0.6 is 0 Å². The zero-order valence-corrected chi connectivity index (χ0v) is 16.9. The molecule has 3 aromatic rings. The lowest BCUT2D eigenvalue weighted by molar-refractivity contribution is 1.15. The number of aromatic nitrogens is 1. The first-order chi connectivity index (χ1) is 14.1. The number of aryl methyl sites for hydroxylation is 1. The Hall–Kier alpha value is -3.52. The molecule has 0 atom stereocenters. The molecule has 2 aromatic carbocycles. The van der Waals surface area contributed by atoms with Gasteiger partial charge in [-0.2, -0.15) is 0 Å². The highest BCUT2D eigenvalue weighted by molar-refractivity contribution is 6.02. The number of hydrogen-bond acceptors (Lipinski definition) is 2. The maximum atomic E-state index is 4.79. The molecule has 0 radical (unpaired) electrons. The van der Waals surface area contributed by atoms with Gasteiger partial charge < -0.3 is 0 Å². The summed E-state index contributed by atoms with van der Waals surface area (Å²) in [5.74, 6) is 0. The van der Waals surface area contributed by atoms with Crippen molar-refractivity contribution in [1.82, 2.24) is 4.98 Å². The lowest BCUT2D eigenvalue weighted by Crippen LogP contribution is -2.00. The fourth-order valence-electron chi connectivity index (χ4n) is 3.69. The topological polar surface area (TPSA) is 25.2 Å². The van der Waals surface area contributed by atoms with Crippen molar-refractivity contribution in [2.75, 3.05) is 0 Å². The molecule has 0 saturated heterocycles. The molecule has 2 nitrogen and oxygen atoms in total. The third-order valence-electron chi connectivity index (χ3n) is 5.01. The molecule has 0 saturated carbocycles. The van der Waals surface area contributed by atoms with E-state index in [9.17, 15) is 0 Å². The van der Waals surface area contributed by atoms with Gasteiger partial charge in [0.15, 0.2) is 0 Å². The van der Waals surface area contributed by atoms with Gasteiger partial charge in [-0.05, 0) is 54.7 Å². The predicted molar refractivity (Wildman–Crippen MR) is 125 cm³/mol. The van der Waals surface area contributed by atoms with E-state index in [1.54, 1.807) is 0 Å². The summed E-state index contributed by atoms with van der Waals surface area (Å²) in [4.78, 5) is 9.57. The number of allylic oxidation sites excluding steroid dienone is 3. The molecule has 2 heteroatoms. The summed E-state index contributed by atoms with van der Waals surface area (Å²) < 4.78 is 0. The molecule has 0 unspecified atom stereocenters. The Morgan fingerprint density at radius 2 is 1.52 bits per heavy atom. The summed E-state index contributed by atoms with van der Waals surface area (Å²) in [6, 6.07) is 23.0. The minimum absolute atomic E-state index is 0.689. The first-order valence-corrected chi connectivity index (χ1v) is 9.86. The van der Waals surface area contributed by atoms with Crippen LogP contribution in [0.1, 0.15) is 35.9 Å². The van der Waals surface area contributed by atoms with Crippen LogP contribution < -0.4 is 0 Å². The van der Waals surface area contributed by atoms with Crippen LogP contribution in [0.3, 0.4) is 0 Å². The number of pyridine rings is 1. The summed E-state index contributed by atoms with van der Waals surface area (Å²) in [5, 5.41) is 0. The molecule has 2 heterocycles. The standard InChI is InChI=1S/C27H24N2/c1-19-17-24(22-11-6-4-7-12-22)15-10-16-25-26(23-13-8-5-9-14-23)18-20(2)29-27(25)21(3)28-19/h4-14,16-18H,3,15H2,1-2H3/b16-10-,24-17+,28-19?. The molecule has 0 amide bonds. The first kappa shape index (κ1) is 18.8. The number of rotatable bonds is 2. The van der Waals surface area contributed by atoms with Gasteiger partial charge in [-0.15, -0.1) is 0 Å². The largest absolute Gasteiger partial charge is 0.252 e. The van der Waals surface area contributed by atoms with E-state index in [-0.39, 0.29) is 0 Å². The Balaban J connectivity index is 1.87. The van der Waals surface area contributed by atoms with Crippen LogP contribution in [-0.2, 0) is 0 Å². The van der Waals surface area contributed by atoms with E-state index in [2.05, 4.69) is 79.4 Å². The monoisotopic (exact) mass is 376 g/mol. The average molecular weight is 377 g/mol. The maximum absolute atomic E-state index is 4.79. The molecule has 0 aliphatic carbocycles. The van der Waals surface area contributed by atoms with Crippen LogP contribution in [0.15, 0.2) is 90.5 Å². The first-order valence-electron chi connectivity index (χ1n) is 9.86. The highest BCUT2D eigenvalue weighted by Crippen LogP contribution is 2.32. The Kier molecular flexibility index (Phi) is 5.35. The number of nitrogens with zero attached hydrogens (tertiary/aromatic N) is 2. The molecule has 0 spiro atoms. The summed E-state index contributed by atoms with van der Waals surface area (Å²) in [6.45, 7) is 8.28. The predicted octanol–water partition coefficient (Wildman–Crippen LogP) is 6.99. The number of fused-ring (bicyclic) bond motifs is 1. The Morgan fingerprint density at radius 1 is 0.862 bits per heavy atom. The molecule has 1 aromatic heterocycles. The average Bonchev–Trinajstić information content (AvgIpc) is 2.74. The van der Waals surface area contributed by atoms with E-state index in [0.717, 1.165) is 34.6 Å². The zero-order chi connectivity index (χ0) is 20.2. The molecule has 1 aliphatic heterocycles. The quantitative estimate of drug-likeness (QED) is 0.473. The van der Waals surface area contributed by atoms with Gasteiger partial charge in [-0.25, -0.2) is 0 Å². The second-order valence-electron chi connectivity index (χ2n) is 7.28. The van der Waals surface area contributed by atoms with Crippen molar-refractivity contribution in [2.24, 2.45) is 4.99 Å². The van der Waals surface area contributed by atoms with Crippen molar-refractivity contribution >= 4 is 23.1 Å². The van der Waals surface area contributed by atoms with E-state index < -0.39 is 0 Å². The van der Waals surface area contributed by atoms with Crippen molar-refractivity contribution in [3.63, 3.8) is 0 Å². The van der Waals surface area contributed by atoms with Gasteiger partial charge >= 0.3 is 0 Å². The van der Waals surface area contributed by atoms with Crippen LogP contribution in [0.5, 0.6) is 0 Å². The number of aliphatic imine (C=N–C) groups is 1. The molecule has 0 N–H and O–H groups in total. The normalized spacial score (nSPS) is 17.0. The van der Waals surface area contributed by atoms with Crippen molar-refractivity contribution < 1.29 is 0 Å². The fraction of sp³-hybridized carbons (Fsp3) is 0.111. The van der Waals surface area contributed by atoms with Gasteiger partial charge in [-0.3, -0.25) is 9.98 Å². The van der Waals surface area contributed by atoms with E-state index in [4.69, 9.17) is 9.98 Å². The van der Waals surface area contributed by atoms with Gasteiger partial charge in [0.2, 0.25) is 0 Å². The molecule has 0 bridgehead atoms. The van der Waals surface area contributed by atoms with Crippen molar-refractivity contribution in [2.45, 2.75) is 20.3 Å². The van der Waals surface area contributed by atoms with E-state index in [1.807, 2.05) is 26.0 Å². The zero-order valence-electron chi connectivity index (χ0n) is 16.9. The van der Waals surface area contributed by atoms with E-state index in [1.165, 1.54) is 16.7 Å². The van der Waals surface area contributed by atoms with Gasteiger partial charge in [0, 0.05) is 17.0 Å². The summed E-state index contributed by atoms with van der Waals surface area (Å²) in [5.41, 5.74) is 9.26. The van der Waals surface area contributed by atoms with Gasteiger partial charge in [0.05, 0.1) is 11.4 Å². The molecule has 0 fully saturated rings. The van der Waals surface area contributed by atoms with Gasteiger partial charge in [0.1, 0.15) is 0 Å². The molecule has 1 aliphatic rings. The lowest BCUT2D eigenvalue weighted by atomic mass is 9.94. The smallest absolute Gasteiger partial charge is 0.0961 e. The SMILES string of the molecule is C=C1N=C(C)/C=C(/c2ccccc2)C/C=C\c2c(-c3ccccc3)cc(C)nc21. The lowest BCUT2D eigenvalue weighted by Gasteiger charge is -2.15. The van der Waals surface area contributed by atoms with E-state index >= 15 is 0 Å². The van der Waals surface area contributed by atoms with E-state index in [0.29, 0.717) is 5.70 Å². The Labute approximate surface area is 172 Å². The molecular weight excluding hydrogens is 352 g/mol. The van der Waals surface area contributed by atoms with Crippen LogP contribution in [-0.4, -0.2) is 10.7 Å². The van der Waals surface area contributed by atoms with Crippen molar-refractivity contribution in [3.8, 4) is 11.1 Å². The number of benzene rings is 2. The Bertz CT molecular complexity index is 1130. The third-order valence-corrected chi connectivity index (χ3v) is 5.01. The second kappa shape index (κ2) is 8.24. The molecule has 4 rings (SSSR count). The van der Waals surface area contributed by atoms with Crippen LogP contribution in [0.25, 0.3) is 28.5 Å². The van der Waals surface area contributed by atoms with Crippen molar-refractivity contribution in [3.05, 3.63) is 108 Å². The third kappa shape index (κ3) is 4.17. The molecular formula is C27H24N2. The van der Waals surface area contributed by atoms with Crippen molar-refractivity contribution in [1.29, 1.82) is 0 Å². The van der Waals surface area contributed by atoms with Crippen LogP contribution in [0.2, 0.25) is 0 Å². The van der Waals surface area contributed by atoms with Crippen LogP contribution in [0, 0.1) is 6.92 Å². The highest BCUT2D eigenvalue weighted by atomic mass is 14.8. The highest BCUT2D eigenvalue weighted by Gasteiger charge is 2.14. The molecule has 29 heavy (non-hydrogen) atoms. The maximum Gasteiger partial charge on any atom is 0.0961 e. The summed E-state index contributed by atoms with van der Waals surface area (Å²) in [6.07, 6.45) is 7.35. The fourth-order valence-corrected chi connectivity index (χ4v) is 3.69. The second-order valence-corrected chi connectivity index (χ2v) is 7.28. The Morgan fingerprint density at radius 3 is 2.21 bits per heavy atom. The van der Waals surface area contributed by atoms with Crippen LogP contribution in [0.4, 0.5) is 0 Å². The molecule has 142 valence electrons. The van der Waals surface area contributed by atoms with Gasteiger partial charge in [0.25, 0.3) is 0 Å². The minimum atomic E-state index is 0.689. The van der Waals surface area contributed by atoms with Gasteiger partial charge in [-0.1, -0.05) is 79.4 Å². The minimum Gasteiger partial charge on any atom is -0.252 e. The summed E-state index contributed by atoms with van der Waals surface area (Å²) in [7, 11) is 0. The summed E-state index contributed by atoms with van der Waals surface area (Å²) >= 11 is 0.